The molecule has 4 N–H and O–H groups in total. The number of amides is 2. The molecule has 0 saturated heterocycles. The van der Waals surface area contributed by atoms with Gasteiger partial charge in [0, 0.05) is 13.5 Å². The summed E-state index contributed by atoms with van der Waals surface area (Å²) < 4.78 is 14.3. The van der Waals surface area contributed by atoms with Gasteiger partial charge in [-0.2, -0.15) is 4.39 Å². The molecule has 2 rings (SSSR count). The molecule has 1 saturated carbocycles. The van der Waals surface area contributed by atoms with Crippen molar-refractivity contribution in [2.24, 2.45) is 11.8 Å². The molecule has 0 spiro atoms. The molecule has 1 aliphatic carbocycles. The van der Waals surface area contributed by atoms with Crippen LogP contribution >= 0.6 is 0 Å². The molecule has 1 aromatic heterocycles. The highest BCUT2D eigenvalue weighted by molar-refractivity contribution is 5.80. The molecule has 0 aliphatic heterocycles. The fraction of sp³-hybridized carbons (Fsp3) is 0.647. The third kappa shape index (κ3) is 5.75. The molecule has 150 valence electrons. The Labute approximate surface area is 157 Å². The zero-order chi connectivity index (χ0) is 19.8. The van der Waals surface area contributed by atoms with Gasteiger partial charge in [-0.15, -0.1) is 0 Å². The number of anilines is 2. The molecule has 1 aliphatic rings. The minimum atomic E-state index is -0.709. The fourth-order valence-corrected chi connectivity index (χ4v) is 3.30. The number of aryl methyl sites for hydroxylation is 1. The van der Waals surface area contributed by atoms with Crippen molar-refractivity contribution in [3.8, 4) is 0 Å². The van der Waals surface area contributed by atoms with Crippen LogP contribution in [0.15, 0.2) is 0 Å². The second kappa shape index (κ2) is 10.0. The predicted molar refractivity (Wildman–Crippen MR) is 97.3 cm³/mol. The number of nitrogens with zero attached hydrogens (tertiary/aromatic N) is 3. The second-order valence-corrected chi connectivity index (χ2v) is 6.68. The van der Waals surface area contributed by atoms with Gasteiger partial charge >= 0.3 is 0 Å². The van der Waals surface area contributed by atoms with Crippen LogP contribution in [0.5, 0.6) is 0 Å². The molecule has 0 radical (unpaired) electrons. The highest BCUT2D eigenvalue weighted by Gasteiger charge is 2.27. The Hall–Kier alpha value is -2.49. The number of aromatic nitrogens is 2. The van der Waals surface area contributed by atoms with E-state index in [4.69, 9.17) is 0 Å². The number of hydrogen-bond donors (Lipinski definition) is 4. The van der Waals surface area contributed by atoms with Crippen LogP contribution in [0.1, 0.15) is 44.9 Å². The largest absolute Gasteiger partial charge is 0.371 e. The molecule has 27 heavy (non-hydrogen) atoms. The first-order valence-corrected chi connectivity index (χ1v) is 9.19. The summed E-state index contributed by atoms with van der Waals surface area (Å²) in [5, 5.41) is 12.6. The van der Waals surface area contributed by atoms with Crippen LogP contribution in [-0.4, -0.2) is 46.1 Å². The van der Waals surface area contributed by atoms with E-state index in [1.807, 2.05) is 6.92 Å². The van der Waals surface area contributed by atoms with E-state index in [2.05, 4.69) is 26.1 Å². The van der Waals surface area contributed by atoms with Crippen molar-refractivity contribution >= 4 is 24.0 Å². The average Bonchev–Trinajstić information content (AvgIpc) is 3.19. The van der Waals surface area contributed by atoms with Crippen LogP contribution in [0, 0.1) is 17.7 Å². The van der Waals surface area contributed by atoms with Crippen molar-refractivity contribution < 1.29 is 19.2 Å². The van der Waals surface area contributed by atoms with Gasteiger partial charge in [0.15, 0.2) is 11.6 Å². The van der Waals surface area contributed by atoms with Crippen LogP contribution in [0.25, 0.3) is 0 Å². The van der Waals surface area contributed by atoms with Gasteiger partial charge in [0.25, 0.3) is 0 Å². The number of halogens is 1. The standard InChI is InChI=1S/C17H27FN6O3/c1-3-13-20-15(19-2)14(18)16(21-13)22-23-17(26)12(9-24(27)10-25)8-11-6-4-5-7-11/h10-12,27H,3-9H2,1-2H3,(H,23,26)(H2,19,20,21,22). The summed E-state index contributed by atoms with van der Waals surface area (Å²) in [7, 11) is 1.54. The van der Waals surface area contributed by atoms with Crippen LogP contribution in [0.3, 0.4) is 0 Å². The van der Waals surface area contributed by atoms with Crippen LogP contribution < -0.4 is 16.2 Å². The first kappa shape index (κ1) is 20.8. The molecule has 1 fully saturated rings. The summed E-state index contributed by atoms with van der Waals surface area (Å²) in [6, 6.07) is 0. The molecule has 1 heterocycles. The summed E-state index contributed by atoms with van der Waals surface area (Å²) >= 11 is 0. The minimum absolute atomic E-state index is 0.0311. The first-order valence-electron chi connectivity index (χ1n) is 9.19. The van der Waals surface area contributed by atoms with Crippen molar-refractivity contribution in [1.29, 1.82) is 0 Å². The maximum atomic E-state index is 14.3. The third-order valence-corrected chi connectivity index (χ3v) is 4.75. The zero-order valence-corrected chi connectivity index (χ0v) is 15.7. The lowest BCUT2D eigenvalue weighted by molar-refractivity contribution is -0.154. The molecule has 0 bridgehead atoms. The number of carbonyl (C=O) groups is 2. The van der Waals surface area contributed by atoms with Crippen molar-refractivity contribution in [3.63, 3.8) is 0 Å². The monoisotopic (exact) mass is 382 g/mol. The van der Waals surface area contributed by atoms with Crippen LogP contribution in [0.4, 0.5) is 16.0 Å². The first-order chi connectivity index (χ1) is 13.0. The average molecular weight is 382 g/mol. The molecular formula is C17H27FN6O3. The Morgan fingerprint density at radius 2 is 2.04 bits per heavy atom. The van der Waals surface area contributed by atoms with Crippen LogP contribution in [-0.2, 0) is 16.0 Å². The molecule has 1 unspecified atom stereocenters. The summed E-state index contributed by atoms with van der Waals surface area (Å²) in [6.07, 6.45) is 5.59. The lowest BCUT2D eigenvalue weighted by Crippen LogP contribution is -2.41. The van der Waals surface area contributed by atoms with E-state index in [-0.39, 0.29) is 24.6 Å². The van der Waals surface area contributed by atoms with Gasteiger partial charge in [-0.05, 0) is 12.3 Å². The topological polar surface area (TPSA) is 119 Å². The summed E-state index contributed by atoms with van der Waals surface area (Å²) in [6.45, 7) is 1.71. The Morgan fingerprint density at radius 1 is 1.37 bits per heavy atom. The van der Waals surface area contributed by atoms with Gasteiger partial charge in [-0.1, -0.05) is 32.6 Å². The van der Waals surface area contributed by atoms with E-state index < -0.39 is 17.6 Å². The Bertz CT molecular complexity index is 654. The van der Waals surface area contributed by atoms with Gasteiger partial charge < -0.3 is 5.32 Å². The van der Waals surface area contributed by atoms with Crippen molar-refractivity contribution in [2.45, 2.75) is 45.4 Å². The summed E-state index contributed by atoms with van der Waals surface area (Å²) in [5.41, 5.74) is 4.95. The lowest BCUT2D eigenvalue weighted by Gasteiger charge is -2.22. The van der Waals surface area contributed by atoms with Crippen molar-refractivity contribution in [1.82, 2.24) is 20.5 Å². The number of nitrogens with one attached hydrogen (secondary N) is 3. The Kier molecular flexibility index (Phi) is 7.71. The molecule has 9 nitrogen and oxygen atoms in total. The summed E-state index contributed by atoms with van der Waals surface area (Å²) in [4.78, 5) is 31.4. The van der Waals surface area contributed by atoms with Crippen LogP contribution in [0.2, 0.25) is 0 Å². The maximum absolute atomic E-state index is 14.3. The molecule has 0 aromatic carbocycles. The normalized spacial score (nSPS) is 15.3. The SMILES string of the molecule is CCc1nc(NC)c(F)c(NNC(=O)C(CC2CCCC2)CN(O)C=O)n1. The number of hydrazine groups is 1. The molecule has 1 atom stereocenters. The number of hydroxylamine groups is 2. The smallest absolute Gasteiger partial charge is 0.243 e. The molecular weight excluding hydrogens is 355 g/mol. The lowest BCUT2D eigenvalue weighted by atomic mass is 9.92. The zero-order valence-electron chi connectivity index (χ0n) is 15.7. The van der Waals surface area contributed by atoms with Gasteiger partial charge in [0.2, 0.25) is 18.1 Å². The van der Waals surface area contributed by atoms with E-state index in [0.29, 0.717) is 29.6 Å². The van der Waals surface area contributed by atoms with E-state index in [9.17, 15) is 19.2 Å². The third-order valence-electron chi connectivity index (χ3n) is 4.75. The number of rotatable bonds is 10. The Morgan fingerprint density at radius 3 is 2.63 bits per heavy atom. The van der Waals surface area contributed by atoms with Crippen molar-refractivity contribution in [2.75, 3.05) is 24.3 Å². The van der Waals surface area contributed by atoms with Crippen molar-refractivity contribution in [3.05, 3.63) is 11.6 Å². The minimum Gasteiger partial charge on any atom is -0.371 e. The second-order valence-electron chi connectivity index (χ2n) is 6.68. The van der Waals surface area contributed by atoms with E-state index in [1.54, 1.807) is 7.05 Å². The summed E-state index contributed by atoms with van der Waals surface area (Å²) in [5.74, 6) is -1.08. The highest BCUT2D eigenvalue weighted by atomic mass is 19.1. The predicted octanol–water partition coefficient (Wildman–Crippen LogP) is 1.71. The van der Waals surface area contributed by atoms with E-state index in [0.717, 1.165) is 25.7 Å². The number of carbonyl (C=O) groups excluding carboxylic acids is 2. The highest BCUT2D eigenvalue weighted by Crippen LogP contribution is 2.30. The van der Waals surface area contributed by atoms with Gasteiger partial charge in [0.1, 0.15) is 5.82 Å². The molecule has 2 amide bonds. The fourth-order valence-electron chi connectivity index (χ4n) is 3.30. The quantitative estimate of drug-likeness (QED) is 0.276. The molecule has 10 heteroatoms. The van der Waals surface area contributed by atoms with Gasteiger partial charge in [0.05, 0.1) is 12.5 Å². The Balaban J connectivity index is 2.06. The van der Waals surface area contributed by atoms with E-state index in [1.165, 1.54) is 0 Å². The molecule has 1 aromatic rings. The van der Waals surface area contributed by atoms with E-state index >= 15 is 0 Å². The van der Waals surface area contributed by atoms with Gasteiger partial charge in [-0.3, -0.25) is 25.6 Å². The van der Waals surface area contributed by atoms with Gasteiger partial charge in [-0.25, -0.2) is 15.0 Å². The number of hydrogen-bond acceptors (Lipinski definition) is 7. The maximum Gasteiger partial charge on any atom is 0.243 e.